The Labute approximate surface area is 354 Å². The highest BCUT2D eigenvalue weighted by Crippen LogP contribution is 2.46. The summed E-state index contributed by atoms with van der Waals surface area (Å²) in [6, 6.07) is 18.8. The fraction of sp³-hybridized carbons (Fsp3) is 0.467. The van der Waals surface area contributed by atoms with Gasteiger partial charge in [0.1, 0.15) is 17.9 Å². The molecule has 15 heteroatoms. The van der Waals surface area contributed by atoms with Crippen molar-refractivity contribution in [2.75, 3.05) is 67.1 Å². The van der Waals surface area contributed by atoms with Crippen molar-refractivity contribution < 1.29 is 28.4 Å². The molecule has 5 aliphatic heterocycles. The smallest absolute Gasteiger partial charge is 0.262 e. The molecular weight excluding hydrogens is 787 g/mol. The molecule has 0 saturated carbocycles. The summed E-state index contributed by atoms with van der Waals surface area (Å²) < 4.78 is 15.6. The number of carbonyl (C=O) groups excluding carboxylic acids is 5. The van der Waals surface area contributed by atoms with Crippen LogP contribution in [0.5, 0.6) is 0 Å². The van der Waals surface area contributed by atoms with Crippen molar-refractivity contribution in [3.05, 3.63) is 87.7 Å². The first kappa shape index (κ1) is 41.2. The molecule has 3 aromatic rings. The molecule has 314 valence electrons. The van der Waals surface area contributed by atoms with Crippen LogP contribution in [-0.4, -0.2) is 110 Å². The van der Waals surface area contributed by atoms with E-state index in [1.807, 2.05) is 23.1 Å². The van der Waals surface area contributed by atoms with E-state index in [4.69, 9.17) is 11.6 Å². The first-order valence-electron chi connectivity index (χ1n) is 21.0. The maximum Gasteiger partial charge on any atom is 0.262 e. The van der Waals surface area contributed by atoms with Crippen LogP contribution in [-0.2, 0) is 20.8 Å². The standard InChI is InChI=1S/C45H50ClFN8O5/c1-29-25-45(27-54(29)34-7-4-31(26-48)37(46)22-34)13-19-52(20-14-45)32-5-2-30(3-6-32)10-16-51(21-15-49-28-56)33-11-17-53(18-12-33)40-24-36-35(23-38(40)47)43(59)55(44(36)60)39-8-9-41(57)50-42(39)58/h2-7,22-24,28-29,33,39H,8-21,25,27H2,1H3,(H,49,56)(H,50,57,58)/t29-,39?/m0/s1. The van der Waals surface area contributed by atoms with Crippen LogP contribution in [0.3, 0.4) is 0 Å². The van der Waals surface area contributed by atoms with Gasteiger partial charge in [0.2, 0.25) is 18.2 Å². The highest BCUT2D eigenvalue weighted by Gasteiger charge is 2.46. The number of halogens is 2. The number of hydrogen-bond acceptors (Lipinski definition) is 10. The van der Waals surface area contributed by atoms with Gasteiger partial charge in [0.15, 0.2) is 0 Å². The van der Waals surface area contributed by atoms with E-state index in [2.05, 4.69) is 62.6 Å². The molecule has 3 aromatic carbocycles. The van der Waals surface area contributed by atoms with Gasteiger partial charge in [-0.25, -0.2) is 4.39 Å². The number of carbonyl (C=O) groups is 5. The van der Waals surface area contributed by atoms with Crippen molar-refractivity contribution in [3.8, 4) is 6.07 Å². The van der Waals surface area contributed by atoms with Crippen molar-refractivity contribution in [1.82, 2.24) is 20.4 Å². The van der Waals surface area contributed by atoms with E-state index in [0.717, 1.165) is 81.4 Å². The second kappa shape index (κ2) is 17.2. The maximum atomic E-state index is 15.6. The van der Waals surface area contributed by atoms with Crippen LogP contribution in [0.1, 0.15) is 83.7 Å². The quantitative estimate of drug-likeness (QED) is 0.147. The zero-order valence-corrected chi connectivity index (χ0v) is 34.6. The third kappa shape index (κ3) is 8.17. The summed E-state index contributed by atoms with van der Waals surface area (Å²) in [5, 5.41) is 14.8. The summed E-state index contributed by atoms with van der Waals surface area (Å²) in [5.74, 6) is -3.17. The molecule has 0 aromatic heterocycles. The molecule has 13 nitrogen and oxygen atoms in total. The Morgan fingerprint density at radius 3 is 2.30 bits per heavy atom. The third-order valence-electron chi connectivity index (χ3n) is 13.4. The average Bonchev–Trinajstić information content (AvgIpc) is 3.69. The van der Waals surface area contributed by atoms with Gasteiger partial charge in [-0.2, -0.15) is 5.26 Å². The lowest BCUT2D eigenvalue weighted by Crippen LogP contribution is -2.54. The SMILES string of the molecule is C[C@H]1CC2(CCN(c3ccc(CCN(CCNC=O)C4CCN(c5cc6c(cc5F)C(=O)N(C5CCC(=O)NC5=O)C6=O)CC4)cc3)CC2)CN1c1ccc(C#N)c(Cl)c1. The van der Waals surface area contributed by atoms with Crippen LogP contribution in [0.15, 0.2) is 54.6 Å². The molecule has 5 amide bonds. The summed E-state index contributed by atoms with van der Waals surface area (Å²) in [7, 11) is 0. The topological polar surface area (TPSA) is 149 Å². The molecule has 2 N–H and O–H groups in total. The number of fused-ring (bicyclic) bond motifs is 1. The van der Waals surface area contributed by atoms with Crippen LogP contribution >= 0.6 is 11.6 Å². The summed E-state index contributed by atoms with van der Waals surface area (Å²) in [6.45, 7) is 8.29. The number of benzene rings is 3. The van der Waals surface area contributed by atoms with E-state index in [1.54, 1.807) is 0 Å². The fourth-order valence-electron chi connectivity index (χ4n) is 10.1. The zero-order valence-electron chi connectivity index (χ0n) is 33.8. The van der Waals surface area contributed by atoms with E-state index >= 15 is 4.39 Å². The Morgan fingerprint density at radius 1 is 0.933 bits per heavy atom. The van der Waals surface area contributed by atoms with E-state index in [0.29, 0.717) is 49.2 Å². The van der Waals surface area contributed by atoms with Crippen molar-refractivity contribution in [2.45, 2.75) is 76.4 Å². The predicted octanol–water partition coefficient (Wildman–Crippen LogP) is 4.90. The molecule has 0 aliphatic carbocycles. The number of imide groups is 2. The molecule has 8 rings (SSSR count). The number of anilines is 3. The van der Waals surface area contributed by atoms with E-state index in [1.165, 1.54) is 17.3 Å². The molecule has 5 aliphatic rings. The fourth-order valence-corrected chi connectivity index (χ4v) is 10.3. The van der Waals surface area contributed by atoms with Crippen LogP contribution in [0.25, 0.3) is 0 Å². The van der Waals surface area contributed by atoms with Crippen LogP contribution in [0, 0.1) is 22.6 Å². The Hall–Kier alpha value is -5.52. The van der Waals surface area contributed by atoms with Gasteiger partial charge < -0.3 is 20.0 Å². The van der Waals surface area contributed by atoms with E-state index < -0.39 is 35.5 Å². The Kier molecular flexibility index (Phi) is 11.8. The van der Waals surface area contributed by atoms with Gasteiger partial charge in [0, 0.05) is 82.2 Å². The Bertz CT molecular complexity index is 2220. The minimum absolute atomic E-state index is 0.00709. The molecule has 4 saturated heterocycles. The number of piperidine rings is 3. The average molecular weight is 837 g/mol. The molecular formula is C45H50ClFN8O5. The first-order chi connectivity index (χ1) is 29.0. The summed E-state index contributed by atoms with van der Waals surface area (Å²) in [4.78, 5) is 71.9. The number of amides is 5. The summed E-state index contributed by atoms with van der Waals surface area (Å²) in [6.07, 6.45) is 6.41. The normalized spacial score (nSPS) is 21.8. The largest absolute Gasteiger partial charge is 0.371 e. The maximum absolute atomic E-state index is 15.6. The molecule has 0 bridgehead atoms. The molecule has 1 spiro atoms. The predicted molar refractivity (Wildman–Crippen MR) is 226 cm³/mol. The molecule has 5 heterocycles. The van der Waals surface area contributed by atoms with E-state index in [-0.39, 0.29) is 41.1 Å². The first-order valence-corrected chi connectivity index (χ1v) is 21.4. The minimum Gasteiger partial charge on any atom is -0.371 e. The van der Waals surface area contributed by atoms with Crippen LogP contribution in [0.2, 0.25) is 5.02 Å². The van der Waals surface area contributed by atoms with E-state index in [9.17, 15) is 29.2 Å². The molecule has 1 unspecified atom stereocenters. The lowest BCUT2D eigenvalue weighted by Gasteiger charge is -2.40. The van der Waals surface area contributed by atoms with Crippen molar-refractivity contribution >= 4 is 58.7 Å². The van der Waals surface area contributed by atoms with Crippen molar-refractivity contribution in [2.24, 2.45) is 5.41 Å². The third-order valence-corrected chi connectivity index (χ3v) is 13.8. The molecule has 60 heavy (non-hydrogen) atoms. The van der Waals surface area contributed by atoms with Crippen molar-refractivity contribution in [1.29, 1.82) is 5.26 Å². The minimum atomic E-state index is -1.12. The monoisotopic (exact) mass is 836 g/mol. The number of hydrogen-bond donors (Lipinski definition) is 2. The van der Waals surface area contributed by atoms with Crippen LogP contribution in [0.4, 0.5) is 21.5 Å². The molecule has 2 atom stereocenters. The van der Waals surface area contributed by atoms with Gasteiger partial charge in [-0.3, -0.25) is 39.1 Å². The Morgan fingerprint density at radius 2 is 1.63 bits per heavy atom. The molecule has 4 fully saturated rings. The second-order valence-electron chi connectivity index (χ2n) is 17.0. The molecule has 0 radical (unpaired) electrons. The zero-order chi connectivity index (χ0) is 42.1. The van der Waals surface area contributed by atoms with Crippen molar-refractivity contribution in [3.63, 3.8) is 0 Å². The lowest BCUT2D eigenvalue weighted by atomic mass is 9.76. The second-order valence-corrected chi connectivity index (χ2v) is 17.4. The van der Waals surface area contributed by atoms with Gasteiger partial charge in [-0.1, -0.05) is 23.7 Å². The number of nitrogens with zero attached hydrogens (tertiary/aromatic N) is 6. The number of nitriles is 1. The highest BCUT2D eigenvalue weighted by molar-refractivity contribution is 6.32. The highest BCUT2D eigenvalue weighted by atomic mass is 35.5. The van der Waals surface area contributed by atoms with Crippen LogP contribution < -0.4 is 25.3 Å². The Balaban J connectivity index is 0.851. The summed E-state index contributed by atoms with van der Waals surface area (Å²) in [5.41, 5.74) is 4.51. The van der Waals surface area contributed by atoms with Gasteiger partial charge in [-0.05, 0) is 105 Å². The van der Waals surface area contributed by atoms with Gasteiger partial charge in [0.05, 0.1) is 27.4 Å². The number of rotatable bonds is 12. The number of nitrogens with one attached hydrogen (secondary N) is 2. The lowest BCUT2D eigenvalue weighted by molar-refractivity contribution is -0.136. The van der Waals surface area contributed by atoms with Gasteiger partial charge in [-0.15, -0.1) is 0 Å². The van der Waals surface area contributed by atoms with Gasteiger partial charge in [0.25, 0.3) is 11.8 Å². The summed E-state index contributed by atoms with van der Waals surface area (Å²) >= 11 is 6.39. The van der Waals surface area contributed by atoms with Gasteiger partial charge >= 0.3 is 0 Å².